The Bertz CT molecular complexity index is 703. The van der Waals surface area contributed by atoms with Crippen molar-refractivity contribution in [3.8, 4) is 5.88 Å². The molecule has 0 radical (unpaired) electrons. The van der Waals surface area contributed by atoms with Crippen LogP contribution in [0.5, 0.6) is 5.88 Å². The first-order valence-electron chi connectivity index (χ1n) is 7.39. The van der Waals surface area contributed by atoms with Crippen molar-refractivity contribution in [1.82, 2.24) is 14.9 Å². The third-order valence-electron chi connectivity index (χ3n) is 3.61. The fourth-order valence-corrected chi connectivity index (χ4v) is 3.17. The van der Waals surface area contributed by atoms with E-state index >= 15 is 0 Å². The highest BCUT2D eigenvalue weighted by molar-refractivity contribution is 7.99. The van der Waals surface area contributed by atoms with Gasteiger partial charge in [-0.3, -0.25) is 4.79 Å². The maximum absolute atomic E-state index is 12.7. The molecule has 1 saturated heterocycles. The van der Waals surface area contributed by atoms with Crippen LogP contribution < -0.4 is 4.74 Å². The Kier molecular flexibility index (Phi) is 5.24. The van der Waals surface area contributed by atoms with E-state index < -0.39 is 5.76 Å². The summed E-state index contributed by atoms with van der Waals surface area (Å²) in [7, 11) is 0. The maximum Gasteiger partial charge on any atom is 0.288 e. The lowest BCUT2D eigenvalue weighted by molar-refractivity contribution is 0.0767. The van der Waals surface area contributed by atoms with Crippen LogP contribution in [0.3, 0.4) is 0 Å². The zero-order valence-electron chi connectivity index (χ0n) is 12.6. The smallest absolute Gasteiger partial charge is 0.288 e. The molecule has 1 fully saturated rings. The lowest BCUT2D eigenvalue weighted by Gasteiger charge is -2.18. The van der Waals surface area contributed by atoms with Gasteiger partial charge in [0.2, 0.25) is 5.88 Å². The van der Waals surface area contributed by atoms with E-state index in [-0.39, 0.29) is 16.9 Å². The average molecular weight is 351 g/mol. The van der Waals surface area contributed by atoms with E-state index in [4.69, 9.17) is 4.74 Å². The summed E-state index contributed by atoms with van der Waals surface area (Å²) in [5.74, 6) is -2.36. The Morgan fingerprint density at radius 2 is 2.17 bits per heavy atom. The van der Waals surface area contributed by atoms with E-state index in [2.05, 4.69) is 9.97 Å². The lowest BCUT2D eigenvalue weighted by Crippen LogP contribution is -2.31. The minimum absolute atomic E-state index is 0.168. The number of aromatic nitrogens is 2. The van der Waals surface area contributed by atoms with Crippen LogP contribution in [0.1, 0.15) is 16.8 Å². The summed E-state index contributed by atoms with van der Waals surface area (Å²) in [4.78, 5) is 22.4. The number of alkyl halides is 2. The molecule has 2 heterocycles. The number of nitrogens with zero attached hydrogens (tertiary/aromatic N) is 3. The zero-order valence-corrected chi connectivity index (χ0v) is 13.5. The van der Waals surface area contributed by atoms with Gasteiger partial charge in [-0.1, -0.05) is 23.9 Å². The summed E-state index contributed by atoms with van der Waals surface area (Å²) in [6.45, 7) is 0.915. The Balaban J connectivity index is 1.66. The molecule has 0 saturated carbocycles. The molecule has 0 N–H and O–H groups in total. The van der Waals surface area contributed by atoms with Gasteiger partial charge in [-0.15, -0.1) is 0 Å². The zero-order chi connectivity index (χ0) is 16.9. The van der Waals surface area contributed by atoms with Crippen molar-refractivity contribution in [3.05, 3.63) is 48.4 Å². The second-order valence-corrected chi connectivity index (χ2v) is 6.23. The number of benzene rings is 1. The van der Waals surface area contributed by atoms with Crippen LogP contribution in [0.25, 0.3) is 0 Å². The summed E-state index contributed by atoms with van der Waals surface area (Å²) in [6.07, 6.45) is 3.47. The van der Waals surface area contributed by atoms with Crippen molar-refractivity contribution in [2.24, 2.45) is 0 Å². The van der Waals surface area contributed by atoms with Gasteiger partial charge in [0.25, 0.3) is 11.7 Å². The Morgan fingerprint density at radius 3 is 2.92 bits per heavy atom. The van der Waals surface area contributed by atoms with Crippen molar-refractivity contribution in [2.75, 3.05) is 13.1 Å². The largest absolute Gasteiger partial charge is 0.472 e. The highest BCUT2D eigenvalue weighted by Crippen LogP contribution is 2.30. The van der Waals surface area contributed by atoms with E-state index in [1.807, 2.05) is 0 Å². The average Bonchev–Trinajstić information content (AvgIpc) is 3.03. The summed E-state index contributed by atoms with van der Waals surface area (Å²) in [5, 5.41) is 0. The first kappa shape index (κ1) is 16.6. The third kappa shape index (κ3) is 4.00. The quantitative estimate of drug-likeness (QED) is 0.775. The first-order chi connectivity index (χ1) is 11.6. The predicted octanol–water partition coefficient (Wildman–Crippen LogP) is 3.08. The first-order valence-corrected chi connectivity index (χ1v) is 8.27. The normalized spacial score (nSPS) is 17.3. The van der Waals surface area contributed by atoms with Crippen LogP contribution in [-0.2, 0) is 0 Å². The number of thioether (sulfide) groups is 1. The molecule has 0 aliphatic carbocycles. The van der Waals surface area contributed by atoms with Crippen molar-refractivity contribution >= 4 is 17.7 Å². The Hall–Kier alpha value is -2.22. The number of amides is 1. The molecule has 1 unspecified atom stereocenters. The van der Waals surface area contributed by atoms with Crippen LogP contribution in [0.2, 0.25) is 0 Å². The molecule has 126 valence electrons. The molecule has 0 spiro atoms. The monoisotopic (exact) mass is 351 g/mol. The molecule has 1 aromatic carbocycles. The van der Waals surface area contributed by atoms with Crippen molar-refractivity contribution in [3.63, 3.8) is 0 Å². The van der Waals surface area contributed by atoms with Crippen LogP contribution in [0.15, 0.2) is 47.8 Å². The van der Waals surface area contributed by atoms with Crippen molar-refractivity contribution < 1.29 is 18.3 Å². The maximum atomic E-state index is 12.7. The molecule has 1 amide bonds. The van der Waals surface area contributed by atoms with Gasteiger partial charge < -0.3 is 9.64 Å². The minimum Gasteiger partial charge on any atom is -0.472 e. The van der Waals surface area contributed by atoms with Crippen molar-refractivity contribution in [2.45, 2.75) is 23.2 Å². The molecule has 1 atom stereocenters. The number of hydrogen-bond acceptors (Lipinski definition) is 5. The minimum atomic E-state index is -2.56. The van der Waals surface area contributed by atoms with Gasteiger partial charge in [0, 0.05) is 30.1 Å². The van der Waals surface area contributed by atoms with Crippen molar-refractivity contribution in [1.29, 1.82) is 0 Å². The number of ether oxygens (including phenoxy) is 1. The van der Waals surface area contributed by atoms with Gasteiger partial charge in [0.15, 0.2) is 0 Å². The second-order valence-electron chi connectivity index (χ2n) is 5.20. The third-order valence-corrected chi connectivity index (χ3v) is 4.40. The van der Waals surface area contributed by atoms with Gasteiger partial charge in [0.05, 0.1) is 12.1 Å². The molecule has 1 aliphatic rings. The second kappa shape index (κ2) is 7.57. The van der Waals surface area contributed by atoms with Crippen LogP contribution >= 0.6 is 11.8 Å². The van der Waals surface area contributed by atoms with E-state index in [9.17, 15) is 13.6 Å². The number of halogens is 2. The van der Waals surface area contributed by atoms with E-state index in [0.29, 0.717) is 42.7 Å². The SMILES string of the molecule is O=C(c1ccccc1SC(F)F)N1CCC(Oc2ccncn2)C1. The van der Waals surface area contributed by atoms with E-state index in [1.54, 1.807) is 35.4 Å². The molecule has 8 heteroatoms. The van der Waals surface area contributed by atoms with Gasteiger partial charge in [-0.05, 0) is 12.1 Å². The van der Waals surface area contributed by atoms with Gasteiger partial charge in [-0.2, -0.15) is 8.78 Å². The number of likely N-dealkylation sites (tertiary alicyclic amines) is 1. The number of rotatable bonds is 5. The van der Waals surface area contributed by atoms with Gasteiger partial charge >= 0.3 is 0 Å². The number of hydrogen-bond donors (Lipinski definition) is 0. The lowest BCUT2D eigenvalue weighted by atomic mass is 10.2. The van der Waals surface area contributed by atoms with E-state index in [1.165, 1.54) is 12.4 Å². The molecule has 5 nitrogen and oxygen atoms in total. The predicted molar refractivity (Wildman–Crippen MR) is 85.3 cm³/mol. The molecule has 1 aromatic heterocycles. The molecular formula is C16H15F2N3O2S. The molecule has 3 rings (SSSR count). The highest BCUT2D eigenvalue weighted by Gasteiger charge is 2.30. The molecule has 1 aliphatic heterocycles. The summed E-state index contributed by atoms with van der Waals surface area (Å²) < 4.78 is 31.0. The number of carbonyl (C=O) groups is 1. The fraction of sp³-hybridized carbons (Fsp3) is 0.312. The fourth-order valence-electron chi connectivity index (χ4n) is 2.54. The topological polar surface area (TPSA) is 55.3 Å². The van der Waals surface area contributed by atoms with Crippen LogP contribution in [-0.4, -0.2) is 45.7 Å². The molecule has 24 heavy (non-hydrogen) atoms. The Morgan fingerprint density at radius 1 is 1.33 bits per heavy atom. The summed E-state index contributed by atoms with van der Waals surface area (Å²) in [6, 6.07) is 8.08. The van der Waals surface area contributed by atoms with Gasteiger partial charge in [0.1, 0.15) is 12.4 Å². The van der Waals surface area contributed by atoms with Crippen LogP contribution in [0.4, 0.5) is 8.78 Å². The molecule has 2 aromatic rings. The summed E-state index contributed by atoms with van der Waals surface area (Å²) in [5.41, 5.74) is 0.297. The highest BCUT2D eigenvalue weighted by atomic mass is 32.2. The molecular weight excluding hydrogens is 336 g/mol. The van der Waals surface area contributed by atoms with E-state index in [0.717, 1.165) is 0 Å². The Labute approximate surface area is 142 Å². The van der Waals surface area contributed by atoms with Crippen LogP contribution in [0, 0.1) is 0 Å². The van der Waals surface area contributed by atoms with Gasteiger partial charge in [-0.25, -0.2) is 9.97 Å². The molecule has 0 bridgehead atoms. The number of carbonyl (C=O) groups excluding carboxylic acids is 1. The standard InChI is InChI=1S/C16H15F2N3O2S/c17-16(18)24-13-4-2-1-3-12(13)15(22)21-8-6-11(9-21)23-14-5-7-19-10-20-14/h1-5,7,10-11,16H,6,8-9H2. The summed E-state index contributed by atoms with van der Waals surface area (Å²) >= 11 is 0.387.